The number of fused-ring (bicyclic) bond motifs is 1. The van der Waals surface area contributed by atoms with Crippen LogP contribution >= 0.6 is 15.9 Å². The maximum Gasteiger partial charge on any atom is 0.335 e. The molecule has 0 aliphatic heterocycles. The van der Waals surface area contributed by atoms with Gasteiger partial charge < -0.3 is 9.52 Å². The number of aryl methyl sites for hydroxylation is 1. The zero-order valence-electron chi connectivity index (χ0n) is 10.6. The van der Waals surface area contributed by atoms with Crippen LogP contribution in [0.5, 0.6) is 0 Å². The van der Waals surface area contributed by atoms with Crippen LogP contribution in [0.3, 0.4) is 0 Å². The summed E-state index contributed by atoms with van der Waals surface area (Å²) in [5.41, 5.74) is 3.23. The van der Waals surface area contributed by atoms with Gasteiger partial charge in [0.15, 0.2) is 5.58 Å². The van der Waals surface area contributed by atoms with Crippen LogP contribution in [0.15, 0.2) is 45.3 Å². The van der Waals surface area contributed by atoms with Crippen LogP contribution in [0.2, 0.25) is 0 Å². The van der Waals surface area contributed by atoms with Gasteiger partial charge in [-0.15, -0.1) is 0 Å². The summed E-state index contributed by atoms with van der Waals surface area (Å²) in [4.78, 5) is 15.3. The fourth-order valence-corrected chi connectivity index (χ4v) is 2.36. The van der Waals surface area contributed by atoms with Crippen molar-refractivity contribution < 1.29 is 14.3 Å². The second kappa shape index (κ2) is 4.76. The van der Waals surface area contributed by atoms with E-state index in [2.05, 4.69) is 20.9 Å². The molecule has 0 fully saturated rings. The number of rotatable bonds is 2. The highest BCUT2D eigenvalue weighted by atomic mass is 79.9. The van der Waals surface area contributed by atoms with Crippen LogP contribution in [-0.2, 0) is 0 Å². The zero-order valence-corrected chi connectivity index (χ0v) is 12.1. The number of halogens is 1. The fraction of sp³-hybridized carbons (Fsp3) is 0.0667. The first kappa shape index (κ1) is 12.9. The SMILES string of the molecule is Cc1ccc(Br)cc1-c1nc2cc(C(=O)O)ccc2o1. The van der Waals surface area contributed by atoms with Gasteiger partial charge in [-0.1, -0.05) is 22.0 Å². The second-order valence-corrected chi connectivity index (χ2v) is 5.38. The minimum Gasteiger partial charge on any atom is -0.478 e. The highest BCUT2D eigenvalue weighted by molar-refractivity contribution is 9.10. The van der Waals surface area contributed by atoms with Crippen LogP contribution < -0.4 is 0 Å². The molecule has 3 aromatic rings. The van der Waals surface area contributed by atoms with E-state index in [0.29, 0.717) is 17.0 Å². The highest BCUT2D eigenvalue weighted by Gasteiger charge is 2.13. The summed E-state index contributed by atoms with van der Waals surface area (Å²) < 4.78 is 6.64. The van der Waals surface area contributed by atoms with Gasteiger partial charge in [0.2, 0.25) is 5.89 Å². The van der Waals surface area contributed by atoms with Crippen molar-refractivity contribution in [2.75, 3.05) is 0 Å². The van der Waals surface area contributed by atoms with Gasteiger partial charge in [0.1, 0.15) is 5.52 Å². The predicted octanol–water partition coefficient (Wildman–Crippen LogP) is 4.26. The van der Waals surface area contributed by atoms with Crippen molar-refractivity contribution in [3.63, 3.8) is 0 Å². The van der Waals surface area contributed by atoms with Gasteiger partial charge >= 0.3 is 5.97 Å². The van der Waals surface area contributed by atoms with Crippen LogP contribution in [0, 0.1) is 6.92 Å². The third-order valence-corrected chi connectivity index (χ3v) is 3.56. The van der Waals surface area contributed by atoms with Crippen molar-refractivity contribution in [1.29, 1.82) is 0 Å². The van der Waals surface area contributed by atoms with Gasteiger partial charge in [0.05, 0.1) is 5.56 Å². The molecule has 3 rings (SSSR count). The molecule has 2 aromatic carbocycles. The Morgan fingerprint density at radius 1 is 1.25 bits per heavy atom. The number of oxazole rings is 1. The standard InChI is InChI=1S/C15H10BrNO3/c1-8-2-4-10(16)7-11(8)14-17-12-6-9(15(18)19)3-5-13(12)20-14/h2-7H,1H3,(H,18,19). The molecular weight excluding hydrogens is 322 g/mol. The lowest BCUT2D eigenvalue weighted by atomic mass is 10.1. The van der Waals surface area contributed by atoms with E-state index in [1.165, 1.54) is 12.1 Å². The molecule has 20 heavy (non-hydrogen) atoms. The topological polar surface area (TPSA) is 63.3 Å². The number of hydrogen-bond donors (Lipinski definition) is 1. The molecule has 1 aromatic heterocycles. The smallest absolute Gasteiger partial charge is 0.335 e. The summed E-state index contributed by atoms with van der Waals surface area (Å²) in [7, 11) is 0. The average Bonchev–Trinajstić information content (AvgIpc) is 2.83. The number of aromatic carboxylic acids is 1. The molecule has 0 aliphatic carbocycles. The van der Waals surface area contributed by atoms with Crippen LogP contribution in [0.4, 0.5) is 0 Å². The summed E-state index contributed by atoms with van der Waals surface area (Å²) >= 11 is 3.42. The Balaban J connectivity index is 2.17. The van der Waals surface area contributed by atoms with E-state index < -0.39 is 5.97 Å². The summed E-state index contributed by atoms with van der Waals surface area (Å²) in [6.45, 7) is 1.97. The number of nitrogens with zero attached hydrogens (tertiary/aromatic N) is 1. The number of benzene rings is 2. The maximum absolute atomic E-state index is 11.0. The fourth-order valence-electron chi connectivity index (χ4n) is 2.00. The minimum absolute atomic E-state index is 0.198. The lowest BCUT2D eigenvalue weighted by Crippen LogP contribution is -1.94. The Hall–Kier alpha value is -2.14. The molecule has 0 saturated carbocycles. The van der Waals surface area contributed by atoms with E-state index in [1.54, 1.807) is 6.07 Å². The molecule has 0 aliphatic rings. The Morgan fingerprint density at radius 2 is 2.05 bits per heavy atom. The van der Waals surface area contributed by atoms with Crippen molar-refractivity contribution in [3.8, 4) is 11.5 Å². The van der Waals surface area contributed by atoms with Crippen molar-refractivity contribution in [3.05, 3.63) is 52.0 Å². The van der Waals surface area contributed by atoms with Crippen molar-refractivity contribution in [1.82, 2.24) is 4.98 Å². The molecular formula is C15H10BrNO3. The zero-order chi connectivity index (χ0) is 14.3. The normalized spacial score (nSPS) is 10.9. The second-order valence-electron chi connectivity index (χ2n) is 4.47. The minimum atomic E-state index is -0.977. The summed E-state index contributed by atoms with van der Waals surface area (Å²) in [6.07, 6.45) is 0. The monoisotopic (exact) mass is 331 g/mol. The van der Waals surface area contributed by atoms with Gasteiger partial charge in [-0.25, -0.2) is 9.78 Å². The number of aromatic nitrogens is 1. The molecule has 0 saturated heterocycles. The summed E-state index contributed by atoms with van der Waals surface area (Å²) in [5.74, 6) is -0.489. The quantitative estimate of drug-likeness (QED) is 0.761. The summed E-state index contributed by atoms with van der Waals surface area (Å²) in [6, 6.07) is 10.5. The molecule has 5 heteroatoms. The van der Waals surface area contributed by atoms with Gasteiger partial charge in [-0.05, 0) is 42.8 Å². The third-order valence-electron chi connectivity index (χ3n) is 3.06. The predicted molar refractivity (Wildman–Crippen MR) is 78.8 cm³/mol. The molecule has 0 radical (unpaired) electrons. The lowest BCUT2D eigenvalue weighted by molar-refractivity contribution is 0.0697. The Bertz CT molecular complexity index is 823. The first-order chi connectivity index (χ1) is 9.54. The number of carboxylic acids is 1. The molecule has 100 valence electrons. The Morgan fingerprint density at radius 3 is 2.80 bits per heavy atom. The molecule has 0 spiro atoms. The molecule has 1 heterocycles. The maximum atomic E-state index is 11.0. The van der Waals surface area contributed by atoms with Crippen molar-refractivity contribution >= 4 is 33.0 Å². The van der Waals surface area contributed by atoms with E-state index in [9.17, 15) is 4.79 Å². The number of carboxylic acid groups (broad SMARTS) is 1. The van der Waals surface area contributed by atoms with E-state index in [-0.39, 0.29) is 5.56 Å². The highest BCUT2D eigenvalue weighted by Crippen LogP contribution is 2.29. The van der Waals surface area contributed by atoms with E-state index in [0.717, 1.165) is 15.6 Å². The number of hydrogen-bond acceptors (Lipinski definition) is 3. The first-order valence-corrected chi connectivity index (χ1v) is 6.74. The van der Waals surface area contributed by atoms with Gasteiger partial charge in [-0.3, -0.25) is 0 Å². The Kier molecular flexibility index (Phi) is 3.06. The lowest BCUT2D eigenvalue weighted by Gasteiger charge is -2.01. The van der Waals surface area contributed by atoms with Crippen LogP contribution in [-0.4, -0.2) is 16.1 Å². The van der Waals surface area contributed by atoms with Crippen LogP contribution in [0.1, 0.15) is 15.9 Å². The molecule has 0 atom stereocenters. The van der Waals surface area contributed by atoms with E-state index >= 15 is 0 Å². The van der Waals surface area contributed by atoms with Crippen molar-refractivity contribution in [2.24, 2.45) is 0 Å². The summed E-state index contributed by atoms with van der Waals surface area (Å²) in [5, 5.41) is 8.98. The van der Waals surface area contributed by atoms with Crippen LogP contribution in [0.25, 0.3) is 22.6 Å². The van der Waals surface area contributed by atoms with E-state index in [1.807, 2.05) is 25.1 Å². The average molecular weight is 332 g/mol. The Labute approximate surface area is 123 Å². The van der Waals surface area contributed by atoms with Gasteiger partial charge in [0, 0.05) is 10.0 Å². The molecule has 4 nitrogen and oxygen atoms in total. The first-order valence-electron chi connectivity index (χ1n) is 5.95. The molecule has 0 bridgehead atoms. The molecule has 0 amide bonds. The largest absolute Gasteiger partial charge is 0.478 e. The molecule has 0 unspecified atom stereocenters. The van der Waals surface area contributed by atoms with Crippen molar-refractivity contribution in [2.45, 2.75) is 6.92 Å². The van der Waals surface area contributed by atoms with Gasteiger partial charge in [-0.2, -0.15) is 0 Å². The third kappa shape index (κ3) is 2.20. The number of carbonyl (C=O) groups is 1. The van der Waals surface area contributed by atoms with E-state index in [4.69, 9.17) is 9.52 Å². The van der Waals surface area contributed by atoms with Gasteiger partial charge in [0.25, 0.3) is 0 Å². The molecule has 1 N–H and O–H groups in total.